The first-order valence-corrected chi connectivity index (χ1v) is 7.51. The summed E-state index contributed by atoms with van der Waals surface area (Å²) in [5.74, 6) is 0.987. The third kappa shape index (κ3) is 2.15. The maximum Gasteiger partial charge on any atom is 0.150 e. The van der Waals surface area contributed by atoms with Gasteiger partial charge in [-0.2, -0.15) is 0 Å². The van der Waals surface area contributed by atoms with Crippen LogP contribution in [0.1, 0.15) is 22.1 Å². The van der Waals surface area contributed by atoms with Gasteiger partial charge in [-0.05, 0) is 59.1 Å². The summed E-state index contributed by atoms with van der Waals surface area (Å²) in [6.07, 6.45) is 0.107. The Morgan fingerprint density at radius 3 is 2.89 bits per heavy atom. The summed E-state index contributed by atoms with van der Waals surface area (Å²) in [6, 6.07) is 8.49. The minimum atomic E-state index is 0.107. The first-order valence-electron chi connectivity index (χ1n) is 5.90. The lowest BCUT2D eigenvalue weighted by atomic mass is 10.1. The monoisotopic (exact) mass is 323 g/mol. The zero-order valence-electron chi connectivity index (χ0n) is 10.3. The van der Waals surface area contributed by atoms with E-state index in [0.29, 0.717) is 0 Å². The standard InChI is InChI=1S/C14H14BrNOS/c1-8-5-9(2)14-10(6-8)16-7-11(17-14)12-3-4-13(15)18-12/h3-6,11,16H,7H2,1-2H3. The first-order chi connectivity index (χ1) is 8.63. The summed E-state index contributed by atoms with van der Waals surface area (Å²) < 4.78 is 7.29. The van der Waals surface area contributed by atoms with E-state index in [1.165, 1.54) is 16.0 Å². The lowest BCUT2D eigenvalue weighted by Crippen LogP contribution is -2.23. The molecule has 1 N–H and O–H groups in total. The van der Waals surface area contributed by atoms with E-state index in [-0.39, 0.29) is 6.10 Å². The fourth-order valence-corrected chi connectivity index (χ4v) is 3.74. The number of nitrogens with one attached hydrogen (secondary N) is 1. The van der Waals surface area contributed by atoms with E-state index in [2.05, 4.69) is 59.4 Å². The van der Waals surface area contributed by atoms with Gasteiger partial charge >= 0.3 is 0 Å². The van der Waals surface area contributed by atoms with Gasteiger partial charge in [-0.25, -0.2) is 0 Å². The molecule has 1 aliphatic rings. The second-order valence-electron chi connectivity index (χ2n) is 4.59. The van der Waals surface area contributed by atoms with E-state index < -0.39 is 0 Å². The molecule has 0 saturated heterocycles. The first kappa shape index (κ1) is 12.1. The Labute approximate surface area is 119 Å². The van der Waals surface area contributed by atoms with Crippen LogP contribution in [0.25, 0.3) is 0 Å². The Morgan fingerprint density at radius 2 is 2.17 bits per heavy atom. The second kappa shape index (κ2) is 4.59. The molecule has 1 unspecified atom stereocenters. The van der Waals surface area contributed by atoms with Crippen LogP contribution in [0.15, 0.2) is 28.1 Å². The number of benzene rings is 1. The van der Waals surface area contributed by atoms with Gasteiger partial charge in [0.25, 0.3) is 0 Å². The number of rotatable bonds is 1. The molecule has 1 atom stereocenters. The van der Waals surface area contributed by atoms with Gasteiger partial charge in [-0.15, -0.1) is 11.3 Å². The molecule has 2 heterocycles. The van der Waals surface area contributed by atoms with E-state index in [9.17, 15) is 0 Å². The van der Waals surface area contributed by atoms with Crippen LogP contribution >= 0.6 is 27.3 Å². The maximum absolute atomic E-state index is 6.14. The summed E-state index contributed by atoms with van der Waals surface area (Å²) in [7, 11) is 0. The normalized spacial score (nSPS) is 17.8. The van der Waals surface area contributed by atoms with E-state index in [4.69, 9.17) is 4.74 Å². The quantitative estimate of drug-likeness (QED) is 0.823. The van der Waals surface area contributed by atoms with Crippen molar-refractivity contribution in [1.29, 1.82) is 0 Å². The summed E-state index contributed by atoms with van der Waals surface area (Å²) in [6.45, 7) is 5.03. The minimum Gasteiger partial charge on any atom is -0.481 e. The number of ether oxygens (including phenoxy) is 1. The molecule has 1 aliphatic heterocycles. The van der Waals surface area contributed by atoms with E-state index in [1.54, 1.807) is 11.3 Å². The molecule has 4 heteroatoms. The average molecular weight is 324 g/mol. The smallest absolute Gasteiger partial charge is 0.150 e. The number of thiophene rings is 1. The van der Waals surface area contributed by atoms with Crippen LogP contribution in [-0.4, -0.2) is 6.54 Å². The molecule has 18 heavy (non-hydrogen) atoms. The van der Waals surface area contributed by atoms with Gasteiger partial charge in [-0.3, -0.25) is 0 Å². The maximum atomic E-state index is 6.14. The molecule has 0 saturated carbocycles. The highest BCUT2D eigenvalue weighted by molar-refractivity contribution is 9.11. The second-order valence-corrected chi connectivity index (χ2v) is 7.08. The third-order valence-corrected chi connectivity index (χ3v) is 4.78. The van der Waals surface area contributed by atoms with Gasteiger partial charge in [0.1, 0.15) is 5.75 Å². The molecule has 0 amide bonds. The highest BCUT2D eigenvalue weighted by atomic mass is 79.9. The zero-order valence-corrected chi connectivity index (χ0v) is 12.7. The van der Waals surface area contributed by atoms with Crippen LogP contribution in [0.2, 0.25) is 0 Å². The Balaban J connectivity index is 1.93. The predicted octanol–water partition coefficient (Wildman–Crippen LogP) is 4.67. The average Bonchev–Trinajstić information content (AvgIpc) is 2.75. The largest absolute Gasteiger partial charge is 0.481 e. The lowest BCUT2D eigenvalue weighted by Gasteiger charge is -2.28. The van der Waals surface area contributed by atoms with Crippen LogP contribution in [0.3, 0.4) is 0 Å². The summed E-state index contributed by atoms with van der Waals surface area (Å²) >= 11 is 5.23. The van der Waals surface area contributed by atoms with E-state index >= 15 is 0 Å². The van der Waals surface area contributed by atoms with E-state index in [1.807, 2.05) is 0 Å². The SMILES string of the molecule is Cc1cc(C)c2c(c1)NCC(c1ccc(Br)s1)O2. The van der Waals surface area contributed by atoms with Crippen molar-refractivity contribution in [2.45, 2.75) is 20.0 Å². The van der Waals surface area contributed by atoms with Crippen molar-refractivity contribution in [1.82, 2.24) is 0 Å². The van der Waals surface area contributed by atoms with Crippen molar-refractivity contribution in [3.63, 3.8) is 0 Å². The summed E-state index contributed by atoms with van der Waals surface area (Å²) in [5, 5.41) is 3.47. The Morgan fingerprint density at radius 1 is 1.33 bits per heavy atom. The van der Waals surface area contributed by atoms with Gasteiger partial charge in [0.2, 0.25) is 0 Å². The minimum absolute atomic E-state index is 0.107. The van der Waals surface area contributed by atoms with Gasteiger partial charge in [0.15, 0.2) is 6.10 Å². The molecule has 3 rings (SSSR count). The molecule has 0 aliphatic carbocycles. The van der Waals surface area contributed by atoms with Gasteiger partial charge in [0.05, 0.1) is 16.0 Å². The lowest BCUT2D eigenvalue weighted by molar-refractivity contribution is 0.212. The van der Waals surface area contributed by atoms with Gasteiger partial charge in [0, 0.05) is 4.88 Å². The molecular formula is C14H14BrNOS. The molecule has 94 valence electrons. The molecule has 1 aromatic heterocycles. The Hall–Kier alpha value is -1.000. The molecule has 0 spiro atoms. The molecule has 2 aromatic rings. The number of anilines is 1. The molecule has 0 fully saturated rings. The fraction of sp³-hybridized carbons (Fsp3) is 0.286. The Kier molecular flexibility index (Phi) is 3.08. The van der Waals surface area contributed by atoms with Crippen molar-refractivity contribution in [3.8, 4) is 5.75 Å². The molecule has 0 radical (unpaired) electrons. The summed E-state index contributed by atoms with van der Waals surface area (Å²) in [4.78, 5) is 1.25. The van der Waals surface area contributed by atoms with Crippen LogP contribution < -0.4 is 10.1 Å². The van der Waals surface area contributed by atoms with Crippen LogP contribution in [0.4, 0.5) is 5.69 Å². The highest BCUT2D eigenvalue weighted by Crippen LogP contribution is 2.39. The molecular weight excluding hydrogens is 310 g/mol. The third-order valence-electron chi connectivity index (χ3n) is 3.07. The molecule has 0 bridgehead atoms. The van der Waals surface area contributed by atoms with Gasteiger partial charge in [-0.1, -0.05) is 6.07 Å². The van der Waals surface area contributed by atoms with E-state index in [0.717, 1.165) is 21.8 Å². The fourth-order valence-electron chi connectivity index (χ4n) is 2.29. The number of aryl methyl sites for hydroxylation is 2. The van der Waals surface area contributed by atoms with Crippen LogP contribution in [0, 0.1) is 13.8 Å². The number of hydrogen-bond donors (Lipinski definition) is 1. The summed E-state index contributed by atoms with van der Waals surface area (Å²) in [5.41, 5.74) is 3.57. The van der Waals surface area contributed by atoms with Crippen molar-refractivity contribution in [3.05, 3.63) is 44.1 Å². The zero-order chi connectivity index (χ0) is 12.7. The topological polar surface area (TPSA) is 21.3 Å². The predicted molar refractivity (Wildman–Crippen MR) is 79.8 cm³/mol. The highest BCUT2D eigenvalue weighted by Gasteiger charge is 2.23. The Bertz CT molecular complexity index is 593. The number of halogens is 1. The molecule has 2 nitrogen and oxygen atoms in total. The van der Waals surface area contributed by atoms with Crippen LogP contribution in [0.5, 0.6) is 5.75 Å². The van der Waals surface area contributed by atoms with Crippen LogP contribution in [-0.2, 0) is 0 Å². The van der Waals surface area contributed by atoms with Gasteiger partial charge < -0.3 is 10.1 Å². The van der Waals surface area contributed by atoms with Crippen molar-refractivity contribution in [2.24, 2.45) is 0 Å². The molecule has 1 aromatic carbocycles. The number of hydrogen-bond acceptors (Lipinski definition) is 3. The van der Waals surface area contributed by atoms with Crippen molar-refractivity contribution in [2.75, 3.05) is 11.9 Å². The van der Waals surface area contributed by atoms with Crippen molar-refractivity contribution >= 4 is 33.0 Å². The van der Waals surface area contributed by atoms with Crippen molar-refractivity contribution < 1.29 is 4.74 Å². The number of fused-ring (bicyclic) bond motifs is 1.